The molecule has 0 spiro atoms. The van der Waals surface area contributed by atoms with E-state index in [1.807, 2.05) is 54.6 Å². The van der Waals surface area contributed by atoms with Crippen molar-refractivity contribution in [2.24, 2.45) is 0 Å². The van der Waals surface area contributed by atoms with Gasteiger partial charge in [0.05, 0.1) is 17.3 Å². The highest BCUT2D eigenvalue weighted by Crippen LogP contribution is 2.31. The molecule has 1 saturated heterocycles. The van der Waals surface area contributed by atoms with Gasteiger partial charge >= 0.3 is 0 Å². The molecule has 1 N–H and O–H groups in total. The first-order valence-corrected chi connectivity index (χ1v) is 11.8. The van der Waals surface area contributed by atoms with E-state index in [4.69, 9.17) is 0 Å². The normalized spacial score (nSPS) is 18.2. The van der Waals surface area contributed by atoms with Gasteiger partial charge in [-0.1, -0.05) is 66.4 Å². The predicted octanol–water partition coefficient (Wildman–Crippen LogP) is 2.69. The van der Waals surface area contributed by atoms with Crippen LogP contribution in [0.25, 0.3) is 22.0 Å². The summed E-state index contributed by atoms with van der Waals surface area (Å²) in [6, 6.07) is 17.4. The van der Waals surface area contributed by atoms with Crippen LogP contribution >= 0.6 is 11.8 Å². The second kappa shape index (κ2) is 7.89. The van der Waals surface area contributed by atoms with E-state index in [1.54, 1.807) is 0 Å². The third kappa shape index (κ3) is 4.18. The van der Waals surface area contributed by atoms with Crippen molar-refractivity contribution in [2.45, 2.75) is 17.5 Å². The fourth-order valence-corrected chi connectivity index (χ4v) is 5.76. The molecule has 2 aromatic carbocycles. The minimum absolute atomic E-state index is 0.0257. The van der Waals surface area contributed by atoms with Gasteiger partial charge in [-0.25, -0.2) is 8.42 Å². The fourth-order valence-electron chi connectivity index (χ4n) is 3.31. The molecule has 1 aliphatic heterocycles. The van der Waals surface area contributed by atoms with Crippen LogP contribution in [0, 0.1) is 0 Å². The minimum atomic E-state index is -3.01. The second-order valence-corrected chi connectivity index (χ2v) is 9.91. The molecule has 144 valence electrons. The number of hydrogen-bond acceptors (Lipinski definition) is 6. The third-order valence-electron chi connectivity index (χ3n) is 4.64. The molecule has 4 rings (SSSR count). The Morgan fingerprint density at radius 3 is 2.46 bits per heavy atom. The first-order chi connectivity index (χ1) is 13.5. The number of sulfone groups is 1. The number of thioether (sulfide) groups is 1. The first kappa shape index (κ1) is 18.9. The van der Waals surface area contributed by atoms with Gasteiger partial charge in [0.2, 0.25) is 5.91 Å². The maximum Gasteiger partial charge on any atom is 0.230 e. The number of rotatable bonds is 5. The predicted molar refractivity (Wildman–Crippen MR) is 111 cm³/mol. The molecule has 8 heteroatoms. The SMILES string of the molecule is O=C(CSc1nnc(-c2ccccc2)c2ccccc12)NC1CCS(=O)(=O)C1. The first-order valence-electron chi connectivity index (χ1n) is 8.95. The summed E-state index contributed by atoms with van der Waals surface area (Å²) in [5.74, 6) is 0.144. The summed E-state index contributed by atoms with van der Waals surface area (Å²) >= 11 is 1.31. The summed E-state index contributed by atoms with van der Waals surface area (Å²) < 4.78 is 23.0. The lowest BCUT2D eigenvalue weighted by Crippen LogP contribution is -2.36. The van der Waals surface area contributed by atoms with Gasteiger partial charge in [0.1, 0.15) is 10.7 Å². The van der Waals surface area contributed by atoms with Gasteiger partial charge in [0, 0.05) is 22.4 Å². The van der Waals surface area contributed by atoms with Crippen LogP contribution in [0.5, 0.6) is 0 Å². The van der Waals surface area contributed by atoms with Gasteiger partial charge in [-0.2, -0.15) is 0 Å². The quantitative estimate of drug-likeness (QED) is 0.647. The van der Waals surface area contributed by atoms with E-state index in [1.165, 1.54) is 11.8 Å². The van der Waals surface area contributed by atoms with Crippen molar-refractivity contribution in [1.29, 1.82) is 0 Å². The number of nitrogens with one attached hydrogen (secondary N) is 1. The van der Waals surface area contributed by atoms with Gasteiger partial charge in [-0.15, -0.1) is 10.2 Å². The van der Waals surface area contributed by atoms with Crippen molar-refractivity contribution >= 4 is 38.3 Å². The lowest BCUT2D eigenvalue weighted by atomic mass is 10.1. The van der Waals surface area contributed by atoms with Crippen LogP contribution in [0.1, 0.15) is 6.42 Å². The van der Waals surface area contributed by atoms with Crippen LogP contribution in [0.4, 0.5) is 0 Å². The van der Waals surface area contributed by atoms with E-state index in [2.05, 4.69) is 15.5 Å². The number of hydrogen-bond donors (Lipinski definition) is 1. The molecule has 1 atom stereocenters. The lowest BCUT2D eigenvalue weighted by Gasteiger charge is -2.11. The molecule has 2 heterocycles. The Balaban J connectivity index is 1.51. The summed E-state index contributed by atoms with van der Waals surface area (Å²) in [7, 11) is -3.01. The zero-order valence-electron chi connectivity index (χ0n) is 15.0. The van der Waals surface area contributed by atoms with Crippen molar-refractivity contribution in [1.82, 2.24) is 15.5 Å². The molecule has 0 radical (unpaired) electrons. The van der Waals surface area contributed by atoms with Gasteiger partial charge in [0.25, 0.3) is 0 Å². The average Bonchev–Trinajstić information content (AvgIpc) is 3.05. The number of amides is 1. The second-order valence-electron chi connectivity index (χ2n) is 6.72. The molecule has 0 aliphatic carbocycles. The van der Waals surface area contributed by atoms with Crippen LogP contribution in [0.15, 0.2) is 59.6 Å². The summed E-state index contributed by atoms with van der Waals surface area (Å²) in [5.41, 5.74) is 1.80. The number of nitrogens with zero attached hydrogens (tertiary/aromatic N) is 2. The van der Waals surface area contributed by atoms with E-state index in [0.29, 0.717) is 11.4 Å². The molecule has 3 aromatic rings. The third-order valence-corrected chi connectivity index (χ3v) is 7.39. The number of fused-ring (bicyclic) bond motifs is 1. The summed E-state index contributed by atoms with van der Waals surface area (Å²) in [5, 5.41) is 14.2. The summed E-state index contributed by atoms with van der Waals surface area (Å²) in [4.78, 5) is 12.2. The van der Waals surface area contributed by atoms with Gasteiger partial charge in [0.15, 0.2) is 9.84 Å². The molecule has 0 saturated carbocycles. The topological polar surface area (TPSA) is 89.0 Å². The molecule has 28 heavy (non-hydrogen) atoms. The summed E-state index contributed by atoms with van der Waals surface area (Å²) in [6.45, 7) is 0. The van der Waals surface area contributed by atoms with Crippen molar-refractivity contribution in [3.63, 3.8) is 0 Å². The molecule has 0 bridgehead atoms. The Hall–Kier alpha value is -2.45. The van der Waals surface area contributed by atoms with Crippen molar-refractivity contribution in [3.05, 3.63) is 54.6 Å². The number of carbonyl (C=O) groups excluding carboxylic acids is 1. The van der Waals surface area contributed by atoms with E-state index in [9.17, 15) is 13.2 Å². The molecule has 1 fully saturated rings. The Morgan fingerprint density at radius 2 is 1.75 bits per heavy atom. The fraction of sp³-hybridized carbons (Fsp3) is 0.250. The molecule has 1 aliphatic rings. The van der Waals surface area contributed by atoms with Crippen LogP contribution in [0.2, 0.25) is 0 Å². The Kier molecular flexibility index (Phi) is 5.32. The van der Waals surface area contributed by atoms with E-state index >= 15 is 0 Å². The van der Waals surface area contributed by atoms with E-state index in [0.717, 1.165) is 22.0 Å². The maximum absolute atomic E-state index is 12.2. The van der Waals surface area contributed by atoms with E-state index < -0.39 is 9.84 Å². The van der Waals surface area contributed by atoms with Crippen LogP contribution < -0.4 is 5.32 Å². The average molecular weight is 414 g/mol. The van der Waals surface area contributed by atoms with E-state index in [-0.39, 0.29) is 29.2 Å². The highest BCUT2D eigenvalue weighted by atomic mass is 32.2. The lowest BCUT2D eigenvalue weighted by molar-refractivity contribution is -0.119. The number of carbonyl (C=O) groups is 1. The Bertz CT molecular complexity index is 1120. The molecule has 6 nitrogen and oxygen atoms in total. The van der Waals surface area contributed by atoms with Crippen molar-refractivity contribution in [2.75, 3.05) is 17.3 Å². The van der Waals surface area contributed by atoms with Crippen LogP contribution in [0.3, 0.4) is 0 Å². The van der Waals surface area contributed by atoms with Gasteiger partial charge in [-0.05, 0) is 6.42 Å². The molecule has 1 amide bonds. The van der Waals surface area contributed by atoms with Gasteiger partial charge < -0.3 is 5.32 Å². The monoisotopic (exact) mass is 413 g/mol. The zero-order chi connectivity index (χ0) is 19.6. The molecular weight excluding hydrogens is 394 g/mol. The summed E-state index contributed by atoms with van der Waals surface area (Å²) in [6.07, 6.45) is 0.479. The standard InChI is InChI=1S/C20H19N3O3S2/c24-18(21-15-10-11-28(25,26)13-15)12-27-20-17-9-5-4-8-16(17)19(22-23-20)14-6-2-1-3-7-14/h1-9,15H,10-13H2,(H,21,24). The molecular formula is C20H19N3O3S2. The Morgan fingerprint density at radius 1 is 1.04 bits per heavy atom. The van der Waals surface area contributed by atoms with Crippen LogP contribution in [-0.2, 0) is 14.6 Å². The highest BCUT2D eigenvalue weighted by molar-refractivity contribution is 8.00. The molecule has 1 aromatic heterocycles. The molecule has 1 unspecified atom stereocenters. The number of benzene rings is 2. The van der Waals surface area contributed by atoms with Gasteiger partial charge in [-0.3, -0.25) is 4.79 Å². The Labute approximate surface area is 167 Å². The minimum Gasteiger partial charge on any atom is -0.352 e. The van der Waals surface area contributed by atoms with Crippen LogP contribution in [-0.4, -0.2) is 47.8 Å². The maximum atomic E-state index is 12.2. The van der Waals surface area contributed by atoms with Crippen molar-refractivity contribution < 1.29 is 13.2 Å². The van der Waals surface area contributed by atoms with Crippen molar-refractivity contribution in [3.8, 4) is 11.3 Å². The largest absolute Gasteiger partial charge is 0.352 e. The zero-order valence-corrected chi connectivity index (χ0v) is 16.7. The highest BCUT2D eigenvalue weighted by Gasteiger charge is 2.28. The smallest absolute Gasteiger partial charge is 0.230 e. The number of aromatic nitrogens is 2.